The van der Waals surface area contributed by atoms with Gasteiger partial charge >= 0.3 is 5.97 Å². The monoisotopic (exact) mass is 255 g/mol. The molecule has 0 aromatic heterocycles. The number of esters is 1. The minimum Gasteiger partial charge on any atom is -0.465 e. The number of para-hydroxylation sites is 1. The second-order valence-corrected chi connectivity index (χ2v) is 4.67. The van der Waals surface area contributed by atoms with Crippen molar-refractivity contribution in [2.45, 2.75) is 20.3 Å². The van der Waals surface area contributed by atoms with E-state index in [9.17, 15) is 4.79 Å². The molecule has 1 aromatic rings. The highest BCUT2D eigenvalue weighted by Crippen LogP contribution is 2.26. The molecule has 0 aliphatic carbocycles. The quantitative estimate of drug-likeness (QED) is 0.818. The summed E-state index contributed by atoms with van der Waals surface area (Å²) >= 11 is 6.08. The Balaban J connectivity index is 2.84. The molecule has 17 heavy (non-hydrogen) atoms. The number of carbonyl (C=O) groups excluding carboxylic acids is 1. The minimum atomic E-state index is -0.375. The van der Waals surface area contributed by atoms with Gasteiger partial charge in [0.25, 0.3) is 0 Å². The molecule has 3 nitrogen and oxygen atoms in total. The normalized spacial score (nSPS) is 10.4. The van der Waals surface area contributed by atoms with E-state index in [4.69, 9.17) is 16.3 Å². The van der Waals surface area contributed by atoms with Crippen LogP contribution in [0.25, 0.3) is 0 Å². The first kappa shape index (κ1) is 13.8. The van der Waals surface area contributed by atoms with Crippen LogP contribution in [-0.2, 0) is 4.74 Å². The number of methoxy groups -OCH3 is 1. The lowest BCUT2D eigenvalue weighted by atomic mass is 10.1. The van der Waals surface area contributed by atoms with Gasteiger partial charge in [0.05, 0.1) is 23.4 Å². The number of hydrogen-bond acceptors (Lipinski definition) is 3. The Morgan fingerprint density at radius 3 is 2.76 bits per heavy atom. The van der Waals surface area contributed by atoms with Crippen molar-refractivity contribution in [3.63, 3.8) is 0 Å². The second kappa shape index (κ2) is 6.50. The molecule has 0 bridgehead atoms. The number of benzene rings is 1. The summed E-state index contributed by atoms with van der Waals surface area (Å²) in [5, 5.41) is 3.73. The topological polar surface area (TPSA) is 38.3 Å². The van der Waals surface area contributed by atoms with Crippen LogP contribution >= 0.6 is 11.6 Å². The van der Waals surface area contributed by atoms with Gasteiger partial charge in [-0.3, -0.25) is 0 Å². The molecule has 4 heteroatoms. The number of halogens is 1. The first-order valence-electron chi connectivity index (χ1n) is 5.67. The van der Waals surface area contributed by atoms with Gasteiger partial charge < -0.3 is 10.1 Å². The highest BCUT2D eigenvalue weighted by Gasteiger charge is 2.14. The molecular weight excluding hydrogens is 238 g/mol. The van der Waals surface area contributed by atoms with Gasteiger partial charge in [-0.2, -0.15) is 0 Å². The van der Waals surface area contributed by atoms with Gasteiger partial charge in [0.2, 0.25) is 0 Å². The number of nitrogens with one attached hydrogen (secondary N) is 1. The van der Waals surface area contributed by atoms with Crippen molar-refractivity contribution in [2.75, 3.05) is 19.0 Å². The van der Waals surface area contributed by atoms with Crippen LogP contribution in [0.2, 0.25) is 5.02 Å². The molecule has 1 aromatic carbocycles. The van der Waals surface area contributed by atoms with Gasteiger partial charge in [0.15, 0.2) is 0 Å². The van der Waals surface area contributed by atoms with E-state index in [1.54, 1.807) is 18.2 Å². The standard InChI is InChI=1S/C13H18ClNO2/c1-9(2)7-8-15-12-10(13(16)17-3)5-4-6-11(12)14/h4-6,9,15H,7-8H2,1-3H3. The summed E-state index contributed by atoms with van der Waals surface area (Å²) in [6.07, 6.45) is 1.02. The van der Waals surface area contributed by atoms with E-state index in [0.29, 0.717) is 22.2 Å². The first-order valence-corrected chi connectivity index (χ1v) is 6.04. The van der Waals surface area contributed by atoms with Crippen molar-refractivity contribution in [3.8, 4) is 0 Å². The van der Waals surface area contributed by atoms with Crippen LogP contribution in [-0.4, -0.2) is 19.6 Å². The fourth-order valence-corrected chi connectivity index (χ4v) is 1.71. The number of hydrogen-bond donors (Lipinski definition) is 1. The Bertz CT molecular complexity index is 391. The Kier molecular flexibility index (Phi) is 5.29. The van der Waals surface area contributed by atoms with E-state index < -0.39 is 0 Å². The van der Waals surface area contributed by atoms with Crippen LogP contribution in [0.5, 0.6) is 0 Å². The molecule has 0 atom stereocenters. The lowest BCUT2D eigenvalue weighted by Gasteiger charge is -2.13. The van der Waals surface area contributed by atoms with Crippen molar-refractivity contribution in [1.82, 2.24) is 0 Å². The lowest BCUT2D eigenvalue weighted by molar-refractivity contribution is 0.0602. The SMILES string of the molecule is COC(=O)c1cccc(Cl)c1NCCC(C)C. The Labute approximate surface area is 107 Å². The van der Waals surface area contributed by atoms with E-state index in [0.717, 1.165) is 13.0 Å². The fraction of sp³-hybridized carbons (Fsp3) is 0.462. The maximum Gasteiger partial charge on any atom is 0.340 e. The van der Waals surface area contributed by atoms with Crippen LogP contribution in [0.1, 0.15) is 30.6 Å². The van der Waals surface area contributed by atoms with Gasteiger partial charge in [0, 0.05) is 6.54 Å². The van der Waals surface area contributed by atoms with Gasteiger partial charge in [-0.15, -0.1) is 0 Å². The summed E-state index contributed by atoms with van der Waals surface area (Å²) in [5.74, 6) is 0.228. The third kappa shape index (κ3) is 3.93. The molecule has 0 amide bonds. The van der Waals surface area contributed by atoms with E-state index in [2.05, 4.69) is 19.2 Å². The Hall–Kier alpha value is -1.22. The Morgan fingerprint density at radius 2 is 2.18 bits per heavy atom. The lowest BCUT2D eigenvalue weighted by Crippen LogP contribution is -2.11. The molecule has 0 spiro atoms. The number of carbonyl (C=O) groups is 1. The highest BCUT2D eigenvalue weighted by atomic mass is 35.5. The van der Waals surface area contributed by atoms with Crippen molar-refractivity contribution < 1.29 is 9.53 Å². The summed E-state index contributed by atoms with van der Waals surface area (Å²) in [6, 6.07) is 5.20. The van der Waals surface area contributed by atoms with Gasteiger partial charge in [-0.05, 0) is 24.5 Å². The zero-order valence-corrected chi connectivity index (χ0v) is 11.2. The highest BCUT2D eigenvalue weighted by molar-refractivity contribution is 6.34. The Morgan fingerprint density at radius 1 is 1.47 bits per heavy atom. The molecule has 0 saturated carbocycles. The predicted molar refractivity (Wildman–Crippen MR) is 70.7 cm³/mol. The molecule has 0 aliphatic rings. The van der Waals surface area contributed by atoms with Crippen molar-refractivity contribution in [1.29, 1.82) is 0 Å². The molecule has 0 saturated heterocycles. The molecule has 1 N–H and O–H groups in total. The average molecular weight is 256 g/mol. The summed E-state index contributed by atoms with van der Waals surface area (Å²) < 4.78 is 4.72. The van der Waals surface area contributed by atoms with E-state index >= 15 is 0 Å². The first-order chi connectivity index (χ1) is 8.06. The second-order valence-electron chi connectivity index (χ2n) is 4.26. The van der Waals surface area contributed by atoms with Crippen molar-refractivity contribution >= 4 is 23.3 Å². The summed E-state index contributed by atoms with van der Waals surface area (Å²) in [4.78, 5) is 11.6. The van der Waals surface area contributed by atoms with E-state index in [1.165, 1.54) is 7.11 Å². The zero-order valence-electron chi connectivity index (χ0n) is 10.4. The van der Waals surface area contributed by atoms with E-state index in [-0.39, 0.29) is 5.97 Å². The predicted octanol–water partition coefficient (Wildman–Crippen LogP) is 3.58. The molecule has 0 unspecified atom stereocenters. The van der Waals surface area contributed by atoms with Crippen molar-refractivity contribution in [2.24, 2.45) is 5.92 Å². The average Bonchev–Trinajstić information content (AvgIpc) is 2.29. The fourth-order valence-electron chi connectivity index (χ4n) is 1.47. The molecule has 0 heterocycles. The van der Waals surface area contributed by atoms with Crippen LogP contribution < -0.4 is 5.32 Å². The van der Waals surface area contributed by atoms with Crippen LogP contribution in [0.15, 0.2) is 18.2 Å². The summed E-state index contributed by atoms with van der Waals surface area (Å²) in [7, 11) is 1.36. The van der Waals surface area contributed by atoms with Crippen molar-refractivity contribution in [3.05, 3.63) is 28.8 Å². The summed E-state index contributed by atoms with van der Waals surface area (Å²) in [5.41, 5.74) is 1.13. The summed E-state index contributed by atoms with van der Waals surface area (Å²) in [6.45, 7) is 5.08. The zero-order chi connectivity index (χ0) is 12.8. The molecule has 0 radical (unpaired) electrons. The number of rotatable bonds is 5. The van der Waals surface area contributed by atoms with Gasteiger partial charge in [-0.25, -0.2) is 4.79 Å². The maximum atomic E-state index is 11.6. The molecule has 0 fully saturated rings. The van der Waals surface area contributed by atoms with Crippen LogP contribution in [0.3, 0.4) is 0 Å². The third-order valence-electron chi connectivity index (χ3n) is 2.44. The van der Waals surface area contributed by atoms with Crippen LogP contribution in [0.4, 0.5) is 5.69 Å². The van der Waals surface area contributed by atoms with Gasteiger partial charge in [0.1, 0.15) is 0 Å². The maximum absolute atomic E-state index is 11.6. The van der Waals surface area contributed by atoms with Gasteiger partial charge in [-0.1, -0.05) is 31.5 Å². The van der Waals surface area contributed by atoms with Crippen LogP contribution in [0, 0.1) is 5.92 Å². The largest absolute Gasteiger partial charge is 0.465 e. The number of ether oxygens (including phenoxy) is 1. The smallest absolute Gasteiger partial charge is 0.340 e. The molecular formula is C13H18ClNO2. The molecule has 1 rings (SSSR count). The molecule has 94 valence electrons. The number of anilines is 1. The minimum absolute atomic E-state index is 0.375. The third-order valence-corrected chi connectivity index (χ3v) is 2.76. The molecule has 0 aliphatic heterocycles. The van der Waals surface area contributed by atoms with E-state index in [1.807, 2.05) is 0 Å².